The summed E-state index contributed by atoms with van der Waals surface area (Å²) in [5.41, 5.74) is 2.25. The van der Waals surface area contributed by atoms with Gasteiger partial charge in [0.2, 0.25) is 0 Å². The van der Waals surface area contributed by atoms with Crippen molar-refractivity contribution in [2.24, 2.45) is 0 Å². The fraction of sp³-hybridized carbons (Fsp3) is 0. The Bertz CT molecular complexity index is 934. The van der Waals surface area contributed by atoms with E-state index in [2.05, 4.69) is 15.5 Å². The number of nitrogens with zero attached hydrogens (tertiary/aromatic N) is 2. The third-order valence-corrected chi connectivity index (χ3v) is 3.85. The van der Waals surface area contributed by atoms with Gasteiger partial charge >= 0.3 is 5.97 Å². The Morgan fingerprint density at radius 2 is 1.92 bits per heavy atom. The summed E-state index contributed by atoms with van der Waals surface area (Å²) in [5, 5.41) is 16.4. The highest BCUT2D eigenvalue weighted by Gasteiger charge is 2.15. The van der Waals surface area contributed by atoms with Crippen LogP contribution >= 0.6 is 23.2 Å². The molecule has 2 aromatic heterocycles. The van der Waals surface area contributed by atoms with Gasteiger partial charge in [-0.15, -0.1) is 0 Å². The van der Waals surface area contributed by atoms with E-state index in [4.69, 9.17) is 32.8 Å². The summed E-state index contributed by atoms with van der Waals surface area (Å²) in [6.07, 6.45) is 3.87. The van der Waals surface area contributed by atoms with Crippen LogP contribution in [0.2, 0.25) is 10.0 Å². The number of aromatic nitrogens is 2. The number of nitrogens with one attached hydrogen (secondary N) is 1. The second kappa shape index (κ2) is 7.38. The van der Waals surface area contributed by atoms with Crippen LogP contribution in [0.25, 0.3) is 22.7 Å². The minimum Gasteiger partial charge on any atom is -0.478 e. The maximum atomic E-state index is 10.5. The molecule has 3 rings (SSSR count). The van der Waals surface area contributed by atoms with E-state index in [9.17, 15) is 4.79 Å². The van der Waals surface area contributed by atoms with Crippen LogP contribution in [0.5, 0.6) is 0 Å². The molecule has 8 heteroatoms. The van der Waals surface area contributed by atoms with Gasteiger partial charge in [-0.1, -0.05) is 34.4 Å². The molecule has 2 N–H and O–H groups in total. The standard InChI is InChI=1S/C17H11Cl2N3O3/c18-11-2-1-3-12(19)17(11)14-9-15(25-22-14)13-8-10(4-6-21-13)20-7-5-16(23)24/h1-9H,(H,20,21)(H,23,24). The van der Waals surface area contributed by atoms with E-state index >= 15 is 0 Å². The number of benzene rings is 1. The number of pyridine rings is 1. The molecular weight excluding hydrogens is 365 g/mol. The topological polar surface area (TPSA) is 88.2 Å². The zero-order chi connectivity index (χ0) is 17.8. The van der Waals surface area contributed by atoms with Gasteiger partial charge in [-0.2, -0.15) is 0 Å². The Balaban J connectivity index is 1.89. The number of carbonyl (C=O) groups is 1. The molecule has 0 bridgehead atoms. The normalized spacial score (nSPS) is 11.0. The van der Waals surface area contributed by atoms with Crippen molar-refractivity contribution in [3.63, 3.8) is 0 Å². The summed E-state index contributed by atoms with van der Waals surface area (Å²) < 4.78 is 5.34. The van der Waals surface area contributed by atoms with Gasteiger partial charge in [0.25, 0.3) is 0 Å². The highest BCUT2D eigenvalue weighted by Crippen LogP contribution is 2.35. The molecule has 25 heavy (non-hydrogen) atoms. The van der Waals surface area contributed by atoms with E-state index in [0.29, 0.717) is 38.4 Å². The van der Waals surface area contributed by atoms with Crippen molar-refractivity contribution in [1.82, 2.24) is 10.1 Å². The molecule has 3 aromatic rings. The van der Waals surface area contributed by atoms with Gasteiger partial charge in [0.05, 0.1) is 10.0 Å². The number of halogens is 2. The van der Waals surface area contributed by atoms with Gasteiger partial charge in [0, 0.05) is 35.8 Å². The molecule has 0 spiro atoms. The smallest absolute Gasteiger partial charge is 0.329 e. The summed E-state index contributed by atoms with van der Waals surface area (Å²) in [6.45, 7) is 0. The maximum Gasteiger partial charge on any atom is 0.329 e. The molecule has 0 aliphatic rings. The van der Waals surface area contributed by atoms with Crippen molar-refractivity contribution in [2.75, 3.05) is 5.32 Å². The van der Waals surface area contributed by atoms with Crippen LogP contribution in [0, 0.1) is 0 Å². The number of anilines is 1. The van der Waals surface area contributed by atoms with Crippen molar-refractivity contribution in [3.05, 3.63) is 64.9 Å². The molecule has 0 saturated carbocycles. The number of rotatable bonds is 5. The van der Waals surface area contributed by atoms with E-state index in [0.717, 1.165) is 6.08 Å². The molecule has 126 valence electrons. The van der Waals surface area contributed by atoms with Crippen LogP contribution in [-0.2, 0) is 4.79 Å². The predicted molar refractivity (Wildman–Crippen MR) is 95.6 cm³/mol. The molecule has 0 amide bonds. The van der Waals surface area contributed by atoms with Crippen molar-refractivity contribution < 1.29 is 14.4 Å². The molecule has 0 saturated heterocycles. The first-order valence-corrected chi connectivity index (χ1v) is 7.84. The molecule has 6 nitrogen and oxygen atoms in total. The van der Waals surface area contributed by atoms with Gasteiger partial charge in [-0.05, 0) is 24.3 Å². The Morgan fingerprint density at radius 1 is 1.16 bits per heavy atom. The minimum absolute atomic E-state index is 0.428. The first-order valence-electron chi connectivity index (χ1n) is 7.08. The van der Waals surface area contributed by atoms with E-state index in [1.165, 1.54) is 6.20 Å². The summed E-state index contributed by atoms with van der Waals surface area (Å²) in [5.74, 6) is -0.616. The van der Waals surface area contributed by atoms with Gasteiger partial charge in [0.1, 0.15) is 11.4 Å². The van der Waals surface area contributed by atoms with Crippen LogP contribution in [-0.4, -0.2) is 21.2 Å². The lowest BCUT2D eigenvalue weighted by atomic mass is 10.1. The van der Waals surface area contributed by atoms with E-state index in [-0.39, 0.29) is 0 Å². The van der Waals surface area contributed by atoms with Gasteiger partial charge < -0.3 is 14.9 Å². The second-order valence-electron chi connectivity index (χ2n) is 4.92. The number of carboxylic acids is 1. The van der Waals surface area contributed by atoms with E-state index in [1.807, 2.05) is 0 Å². The summed E-state index contributed by atoms with van der Waals surface area (Å²) in [6, 6.07) is 10.3. The Hall–Kier alpha value is -2.83. The largest absolute Gasteiger partial charge is 0.478 e. The van der Waals surface area contributed by atoms with Crippen molar-refractivity contribution in [1.29, 1.82) is 0 Å². The first-order chi connectivity index (χ1) is 12.0. The lowest BCUT2D eigenvalue weighted by molar-refractivity contribution is -0.131. The molecule has 2 heterocycles. The molecule has 0 aliphatic heterocycles. The fourth-order valence-corrected chi connectivity index (χ4v) is 2.71. The number of aliphatic carboxylic acids is 1. The summed E-state index contributed by atoms with van der Waals surface area (Å²) in [7, 11) is 0. The monoisotopic (exact) mass is 375 g/mol. The lowest BCUT2D eigenvalue weighted by Gasteiger charge is -2.02. The molecule has 0 unspecified atom stereocenters. The van der Waals surface area contributed by atoms with Crippen molar-refractivity contribution in [3.8, 4) is 22.7 Å². The maximum absolute atomic E-state index is 10.5. The lowest BCUT2D eigenvalue weighted by Crippen LogP contribution is -1.93. The van der Waals surface area contributed by atoms with Gasteiger partial charge in [-0.3, -0.25) is 4.98 Å². The third-order valence-electron chi connectivity index (χ3n) is 3.22. The molecule has 0 radical (unpaired) electrons. The Labute approximate surface area is 152 Å². The molecular formula is C17H11Cl2N3O3. The first kappa shape index (κ1) is 17.0. The molecule has 0 atom stereocenters. The SMILES string of the molecule is O=C(O)C=CNc1ccnc(-c2cc(-c3c(Cl)cccc3Cl)no2)c1. The summed E-state index contributed by atoms with van der Waals surface area (Å²) >= 11 is 12.4. The predicted octanol–water partition coefficient (Wildman–Crippen LogP) is 4.72. The Morgan fingerprint density at radius 3 is 2.64 bits per heavy atom. The number of hydrogen-bond acceptors (Lipinski definition) is 5. The zero-order valence-corrected chi connectivity index (χ0v) is 14.1. The minimum atomic E-state index is -1.04. The molecule has 0 fully saturated rings. The average Bonchev–Trinajstić information content (AvgIpc) is 3.04. The van der Waals surface area contributed by atoms with E-state index in [1.54, 1.807) is 42.6 Å². The van der Waals surface area contributed by atoms with Crippen LogP contribution in [0.1, 0.15) is 0 Å². The highest BCUT2D eigenvalue weighted by atomic mass is 35.5. The van der Waals surface area contributed by atoms with Gasteiger partial charge in [-0.25, -0.2) is 4.79 Å². The van der Waals surface area contributed by atoms with Crippen molar-refractivity contribution >= 4 is 34.9 Å². The Kier molecular flexibility index (Phi) is 5.02. The third kappa shape index (κ3) is 3.99. The molecule has 0 aliphatic carbocycles. The number of carboxylic acid groups (broad SMARTS) is 1. The highest BCUT2D eigenvalue weighted by molar-refractivity contribution is 6.39. The van der Waals surface area contributed by atoms with Crippen LogP contribution in [0.4, 0.5) is 5.69 Å². The summed E-state index contributed by atoms with van der Waals surface area (Å²) in [4.78, 5) is 14.7. The average molecular weight is 376 g/mol. The van der Waals surface area contributed by atoms with Crippen LogP contribution in [0.3, 0.4) is 0 Å². The zero-order valence-electron chi connectivity index (χ0n) is 12.6. The fourth-order valence-electron chi connectivity index (χ4n) is 2.12. The number of hydrogen-bond donors (Lipinski definition) is 2. The van der Waals surface area contributed by atoms with Crippen LogP contribution < -0.4 is 5.32 Å². The molecule has 1 aromatic carbocycles. The second-order valence-corrected chi connectivity index (χ2v) is 5.73. The van der Waals surface area contributed by atoms with Crippen molar-refractivity contribution in [2.45, 2.75) is 0 Å². The van der Waals surface area contributed by atoms with Gasteiger partial charge in [0.15, 0.2) is 5.76 Å². The van der Waals surface area contributed by atoms with E-state index < -0.39 is 5.97 Å². The van der Waals surface area contributed by atoms with Crippen LogP contribution in [0.15, 0.2) is 59.4 Å². The quantitative estimate of drug-likeness (QED) is 0.627.